The number of nitrogens with zero attached hydrogens (tertiary/aromatic N) is 4. The number of hydrogen-bond acceptors (Lipinski definition) is 5. The minimum Gasteiger partial charge on any atom is -0.376 e. The van der Waals surface area contributed by atoms with Gasteiger partial charge in [0.25, 0.3) is 0 Å². The van der Waals surface area contributed by atoms with Crippen molar-refractivity contribution in [2.24, 2.45) is 5.92 Å². The predicted octanol–water partition coefficient (Wildman–Crippen LogP) is 2.93. The third-order valence-corrected chi connectivity index (χ3v) is 6.20. The number of carbonyl (C=O) groups excluding carboxylic acids is 1. The standard InChI is InChI=1S/C23H27N5O2/c29-23(24-15-19-5-3-13-30-19)18-7-10-27(11-8-18)21-14-22(26-16-25-21)28-12-9-17-4-1-2-6-20(17)28/h1-2,4,6,9,12,14,16,18-19H,3,5,7-8,10-11,13,15H2,(H,24,29)/t19-/m1/s1. The first-order chi connectivity index (χ1) is 14.8. The second kappa shape index (κ2) is 8.44. The largest absolute Gasteiger partial charge is 0.376 e. The van der Waals surface area contributed by atoms with Crippen LogP contribution in [0.15, 0.2) is 48.9 Å². The highest BCUT2D eigenvalue weighted by molar-refractivity contribution is 5.81. The maximum Gasteiger partial charge on any atom is 0.223 e. The molecule has 2 aliphatic heterocycles. The van der Waals surface area contributed by atoms with Crippen LogP contribution in [0.25, 0.3) is 16.7 Å². The average Bonchev–Trinajstić information content (AvgIpc) is 3.48. The van der Waals surface area contributed by atoms with Crippen LogP contribution >= 0.6 is 0 Å². The van der Waals surface area contributed by atoms with E-state index in [-0.39, 0.29) is 17.9 Å². The zero-order chi connectivity index (χ0) is 20.3. The molecule has 0 aliphatic carbocycles. The van der Waals surface area contributed by atoms with Gasteiger partial charge in [0.05, 0.1) is 11.6 Å². The minimum absolute atomic E-state index is 0.0670. The molecule has 0 bridgehead atoms. The number of ether oxygens (including phenoxy) is 1. The number of rotatable bonds is 5. The molecule has 2 saturated heterocycles. The molecule has 2 aliphatic rings. The van der Waals surface area contributed by atoms with Gasteiger partial charge in [0.15, 0.2) is 0 Å². The van der Waals surface area contributed by atoms with E-state index in [4.69, 9.17) is 4.74 Å². The van der Waals surface area contributed by atoms with Crippen LogP contribution in [-0.4, -0.2) is 52.8 Å². The third-order valence-electron chi connectivity index (χ3n) is 6.20. The maximum atomic E-state index is 12.5. The first kappa shape index (κ1) is 19.1. The van der Waals surface area contributed by atoms with Crippen molar-refractivity contribution < 1.29 is 9.53 Å². The lowest BCUT2D eigenvalue weighted by Gasteiger charge is -2.32. The van der Waals surface area contributed by atoms with Crippen molar-refractivity contribution in [2.75, 3.05) is 31.1 Å². The summed E-state index contributed by atoms with van der Waals surface area (Å²) in [5, 5.41) is 4.27. The quantitative estimate of drug-likeness (QED) is 0.707. The van der Waals surface area contributed by atoms with Crippen molar-refractivity contribution in [1.82, 2.24) is 19.9 Å². The molecule has 1 atom stereocenters. The first-order valence-corrected chi connectivity index (χ1v) is 10.8. The van der Waals surface area contributed by atoms with Gasteiger partial charge in [-0.3, -0.25) is 4.79 Å². The van der Waals surface area contributed by atoms with Gasteiger partial charge in [-0.1, -0.05) is 18.2 Å². The van der Waals surface area contributed by atoms with Gasteiger partial charge >= 0.3 is 0 Å². The van der Waals surface area contributed by atoms with Crippen molar-refractivity contribution in [2.45, 2.75) is 31.8 Å². The zero-order valence-electron chi connectivity index (χ0n) is 17.0. The number of aromatic nitrogens is 3. The summed E-state index contributed by atoms with van der Waals surface area (Å²) in [6.45, 7) is 3.10. The number of para-hydroxylation sites is 1. The van der Waals surface area contributed by atoms with Gasteiger partial charge in [0.1, 0.15) is 18.0 Å². The summed E-state index contributed by atoms with van der Waals surface area (Å²) in [4.78, 5) is 23.7. The van der Waals surface area contributed by atoms with Crippen LogP contribution in [0.2, 0.25) is 0 Å². The SMILES string of the molecule is O=C(NC[C@H]1CCCO1)C1CCN(c2cc(-n3ccc4ccccc43)ncn2)CC1. The summed E-state index contributed by atoms with van der Waals surface area (Å²) in [5.74, 6) is 2.00. The summed E-state index contributed by atoms with van der Waals surface area (Å²) in [6.07, 6.45) is 7.68. The van der Waals surface area contributed by atoms with E-state index in [9.17, 15) is 4.79 Å². The minimum atomic E-state index is 0.0670. The fourth-order valence-corrected chi connectivity index (χ4v) is 4.46. The van der Waals surface area contributed by atoms with Crippen LogP contribution in [-0.2, 0) is 9.53 Å². The normalized spacial score (nSPS) is 20.0. The van der Waals surface area contributed by atoms with Crippen molar-refractivity contribution in [3.8, 4) is 5.82 Å². The van der Waals surface area contributed by atoms with Gasteiger partial charge in [-0.05, 0) is 43.2 Å². The molecular weight excluding hydrogens is 378 g/mol. The molecule has 0 spiro atoms. The van der Waals surface area contributed by atoms with Gasteiger partial charge in [-0.2, -0.15) is 0 Å². The molecule has 0 saturated carbocycles. The molecule has 156 valence electrons. The van der Waals surface area contributed by atoms with Crippen LogP contribution in [0, 0.1) is 5.92 Å². The first-order valence-electron chi connectivity index (χ1n) is 10.8. The van der Waals surface area contributed by atoms with E-state index in [1.165, 1.54) is 5.39 Å². The Hall–Kier alpha value is -2.93. The molecule has 0 radical (unpaired) electrons. The van der Waals surface area contributed by atoms with E-state index >= 15 is 0 Å². The number of carbonyl (C=O) groups is 1. The van der Waals surface area contributed by atoms with E-state index in [0.29, 0.717) is 6.54 Å². The van der Waals surface area contributed by atoms with Crippen LogP contribution < -0.4 is 10.2 Å². The Labute approximate surface area is 176 Å². The highest BCUT2D eigenvalue weighted by atomic mass is 16.5. The molecule has 4 heterocycles. The Kier molecular flexibility index (Phi) is 5.36. The number of amides is 1. The van der Waals surface area contributed by atoms with Gasteiger partial charge in [0.2, 0.25) is 5.91 Å². The lowest BCUT2D eigenvalue weighted by Crippen LogP contribution is -2.42. The lowest BCUT2D eigenvalue weighted by molar-refractivity contribution is -0.126. The number of nitrogens with one attached hydrogen (secondary N) is 1. The number of piperidine rings is 1. The van der Waals surface area contributed by atoms with E-state index in [2.05, 4.69) is 43.0 Å². The van der Waals surface area contributed by atoms with Crippen LogP contribution in [0.3, 0.4) is 0 Å². The molecule has 3 aromatic rings. The molecule has 1 N–H and O–H groups in total. The smallest absolute Gasteiger partial charge is 0.223 e. The van der Waals surface area contributed by atoms with E-state index in [0.717, 1.165) is 62.5 Å². The van der Waals surface area contributed by atoms with E-state index in [1.807, 2.05) is 24.4 Å². The zero-order valence-corrected chi connectivity index (χ0v) is 17.0. The van der Waals surface area contributed by atoms with E-state index < -0.39 is 0 Å². The summed E-state index contributed by atoms with van der Waals surface area (Å²) in [5.41, 5.74) is 1.13. The molecule has 30 heavy (non-hydrogen) atoms. The summed E-state index contributed by atoms with van der Waals surface area (Å²) in [7, 11) is 0. The molecule has 5 rings (SSSR count). The molecule has 1 amide bonds. The fraction of sp³-hybridized carbons (Fsp3) is 0.435. The number of hydrogen-bond donors (Lipinski definition) is 1. The summed E-state index contributed by atoms with van der Waals surface area (Å²) >= 11 is 0. The van der Waals surface area contributed by atoms with Gasteiger partial charge in [0, 0.05) is 44.4 Å². The Bertz CT molecular complexity index is 1020. The predicted molar refractivity (Wildman–Crippen MR) is 116 cm³/mol. The number of fused-ring (bicyclic) bond motifs is 1. The van der Waals surface area contributed by atoms with Gasteiger partial charge in [-0.25, -0.2) is 9.97 Å². The number of benzene rings is 1. The van der Waals surface area contributed by atoms with Crippen molar-refractivity contribution in [3.05, 3.63) is 48.9 Å². The van der Waals surface area contributed by atoms with Crippen LogP contribution in [0.1, 0.15) is 25.7 Å². The molecular formula is C23H27N5O2. The van der Waals surface area contributed by atoms with Crippen LogP contribution in [0.5, 0.6) is 0 Å². The second-order valence-corrected chi connectivity index (χ2v) is 8.12. The highest BCUT2D eigenvalue weighted by Gasteiger charge is 2.27. The van der Waals surface area contributed by atoms with Crippen molar-refractivity contribution in [1.29, 1.82) is 0 Å². The maximum absolute atomic E-state index is 12.5. The Morgan fingerprint density at radius 2 is 1.93 bits per heavy atom. The van der Waals surface area contributed by atoms with Crippen LogP contribution in [0.4, 0.5) is 5.82 Å². The molecule has 2 fully saturated rings. The lowest BCUT2D eigenvalue weighted by atomic mass is 9.96. The highest BCUT2D eigenvalue weighted by Crippen LogP contribution is 2.25. The topological polar surface area (TPSA) is 72.3 Å². The molecule has 7 heteroatoms. The molecule has 2 aromatic heterocycles. The summed E-state index contributed by atoms with van der Waals surface area (Å²) < 4.78 is 7.68. The second-order valence-electron chi connectivity index (χ2n) is 8.12. The molecule has 7 nitrogen and oxygen atoms in total. The average molecular weight is 406 g/mol. The molecule has 1 aromatic carbocycles. The summed E-state index contributed by atoms with van der Waals surface area (Å²) in [6, 6.07) is 12.4. The Morgan fingerprint density at radius 1 is 1.10 bits per heavy atom. The van der Waals surface area contributed by atoms with Crippen molar-refractivity contribution >= 4 is 22.6 Å². The Balaban J connectivity index is 1.22. The van der Waals surface area contributed by atoms with Crippen molar-refractivity contribution in [3.63, 3.8) is 0 Å². The fourth-order valence-electron chi connectivity index (χ4n) is 4.46. The Morgan fingerprint density at radius 3 is 2.77 bits per heavy atom. The number of anilines is 1. The molecule has 0 unspecified atom stereocenters. The third kappa shape index (κ3) is 3.89. The van der Waals surface area contributed by atoms with Gasteiger partial charge in [-0.15, -0.1) is 0 Å². The monoisotopic (exact) mass is 405 g/mol. The van der Waals surface area contributed by atoms with Gasteiger partial charge < -0.3 is 19.5 Å². The van der Waals surface area contributed by atoms with E-state index in [1.54, 1.807) is 6.33 Å².